The van der Waals surface area contributed by atoms with Gasteiger partial charge in [0.05, 0.1) is 17.1 Å². The van der Waals surface area contributed by atoms with Crippen LogP contribution in [0.4, 0.5) is 0 Å². The molecule has 1 aromatic heterocycles. The van der Waals surface area contributed by atoms with Crippen LogP contribution in [0, 0.1) is 0 Å². The van der Waals surface area contributed by atoms with Crippen LogP contribution in [0.5, 0.6) is 0 Å². The number of thiazole rings is 1. The van der Waals surface area contributed by atoms with Crippen molar-refractivity contribution in [3.05, 3.63) is 118 Å². The Morgan fingerprint density at radius 2 is 1.30 bits per heavy atom. The molecule has 1 aliphatic heterocycles. The van der Waals surface area contributed by atoms with Gasteiger partial charge in [-0.15, -0.1) is 23.1 Å². The summed E-state index contributed by atoms with van der Waals surface area (Å²) >= 11 is 3.44. The van der Waals surface area contributed by atoms with Crippen LogP contribution in [0.15, 0.2) is 101 Å². The molecule has 7 rings (SSSR count). The van der Waals surface area contributed by atoms with Gasteiger partial charge in [0.25, 0.3) is 0 Å². The van der Waals surface area contributed by atoms with Crippen molar-refractivity contribution in [2.24, 2.45) is 0 Å². The van der Waals surface area contributed by atoms with Crippen molar-refractivity contribution in [3.63, 3.8) is 0 Å². The highest BCUT2D eigenvalue weighted by molar-refractivity contribution is 8.02. The summed E-state index contributed by atoms with van der Waals surface area (Å²) in [5, 5.41) is 7.79. The zero-order valence-corrected chi connectivity index (χ0v) is 22.4. The number of benzene rings is 4. The number of thioether (sulfide) groups is 1. The number of hydrogen-bond acceptors (Lipinski definition) is 4. The molecular weight excluding hydrogens is 489 g/mol. The lowest BCUT2D eigenvalue weighted by molar-refractivity contribution is 0.661. The summed E-state index contributed by atoms with van der Waals surface area (Å²) in [5.41, 5.74) is 17.0. The largest absolute Gasteiger partial charge is 0.375 e. The van der Waals surface area contributed by atoms with Crippen molar-refractivity contribution >= 4 is 28.8 Å². The smallest absolute Gasteiger partial charge is 0.0811 e. The number of rotatable bonds is 4. The summed E-state index contributed by atoms with van der Waals surface area (Å²) in [6.07, 6.45) is 0. The van der Waals surface area contributed by atoms with Crippen LogP contribution in [0.2, 0.25) is 0 Å². The van der Waals surface area contributed by atoms with Crippen LogP contribution in [0.25, 0.3) is 50.3 Å². The number of nitrogens with zero attached hydrogens (tertiary/aromatic N) is 1. The molecular formula is C33H26N2S2. The first-order valence-electron chi connectivity index (χ1n) is 12.5. The van der Waals surface area contributed by atoms with E-state index in [1.54, 1.807) is 11.3 Å². The summed E-state index contributed by atoms with van der Waals surface area (Å²) in [7, 11) is 0. The highest BCUT2D eigenvalue weighted by Gasteiger charge is 2.35. The SMILES string of the molecule is CC1(C)c2cc(-c3cccc(C4=CSCN4)c3)ccc2-c2ccc(-c3cccc(-c4cscn4)c3)cc21. The minimum Gasteiger partial charge on any atom is -0.375 e. The monoisotopic (exact) mass is 514 g/mol. The van der Waals surface area contributed by atoms with E-state index in [0.717, 1.165) is 17.1 Å². The Hall–Kier alpha value is -3.60. The van der Waals surface area contributed by atoms with Crippen LogP contribution < -0.4 is 5.32 Å². The van der Waals surface area contributed by atoms with Gasteiger partial charge in [0.2, 0.25) is 0 Å². The van der Waals surface area contributed by atoms with E-state index in [0.29, 0.717) is 0 Å². The predicted molar refractivity (Wildman–Crippen MR) is 160 cm³/mol. The van der Waals surface area contributed by atoms with Gasteiger partial charge in [-0.25, -0.2) is 4.98 Å². The molecule has 1 aliphatic carbocycles. The van der Waals surface area contributed by atoms with Gasteiger partial charge in [-0.1, -0.05) is 74.5 Å². The summed E-state index contributed by atoms with van der Waals surface area (Å²) in [6.45, 7) is 4.72. The maximum absolute atomic E-state index is 4.50. The molecule has 0 saturated carbocycles. The van der Waals surface area contributed by atoms with E-state index >= 15 is 0 Å². The molecule has 37 heavy (non-hydrogen) atoms. The molecule has 4 aromatic carbocycles. The summed E-state index contributed by atoms with van der Waals surface area (Å²) in [4.78, 5) is 4.50. The molecule has 2 nitrogen and oxygen atoms in total. The number of fused-ring (bicyclic) bond motifs is 3. The van der Waals surface area contributed by atoms with Crippen molar-refractivity contribution in [1.29, 1.82) is 0 Å². The van der Waals surface area contributed by atoms with E-state index in [1.165, 1.54) is 55.8 Å². The van der Waals surface area contributed by atoms with E-state index < -0.39 is 0 Å². The van der Waals surface area contributed by atoms with Gasteiger partial charge < -0.3 is 5.32 Å². The van der Waals surface area contributed by atoms with Crippen molar-refractivity contribution in [2.75, 3.05) is 5.88 Å². The lowest BCUT2D eigenvalue weighted by Crippen LogP contribution is -2.15. The van der Waals surface area contributed by atoms with Gasteiger partial charge >= 0.3 is 0 Å². The van der Waals surface area contributed by atoms with Crippen LogP contribution in [0.3, 0.4) is 0 Å². The lowest BCUT2D eigenvalue weighted by Gasteiger charge is -2.23. The van der Waals surface area contributed by atoms with E-state index in [-0.39, 0.29) is 5.41 Å². The quantitative estimate of drug-likeness (QED) is 0.259. The minimum absolute atomic E-state index is 0.0764. The minimum atomic E-state index is -0.0764. The third-order valence-corrected chi connectivity index (χ3v) is 8.95. The molecule has 2 heterocycles. The molecule has 0 bridgehead atoms. The topological polar surface area (TPSA) is 24.9 Å². The maximum Gasteiger partial charge on any atom is 0.0811 e. The average molecular weight is 515 g/mol. The maximum atomic E-state index is 4.50. The van der Waals surface area contributed by atoms with Crippen LogP contribution in [0.1, 0.15) is 30.5 Å². The fraction of sp³-hybridized carbons (Fsp3) is 0.121. The second-order valence-electron chi connectivity index (χ2n) is 10.2. The molecule has 5 aromatic rings. The van der Waals surface area contributed by atoms with E-state index in [1.807, 2.05) is 17.3 Å². The van der Waals surface area contributed by atoms with Crippen LogP contribution in [-0.4, -0.2) is 10.9 Å². The first kappa shape index (κ1) is 22.6. The standard InChI is InChI=1S/C33H26N2S2/c1-33(2)29-15-23(21-5-3-7-25(13-21)31-17-36-19-34-31)9-11-27(29)28-12-10-24(16-30(28)33)22-6-4-8-26(14-22)32-18-37-20-35-32/h3-19,35H,20H2,1-2H3. The second-order valence-corrected chi connectivity index (χ2v) is 11.8. The highest BCUT2D eigenvalue weighted by Crippen LogP contribution is 2.50. The number of nitrogens with one attached hydrogen (secondary N) is 1. The average Bonchev–Trinajstić information content (AvgIpc) is 3.71. The third-order valence-electron chi connectivity index (χ3n) is 7.65. The zero-order valence-electron chi connectivity index (χ0n) is 20.8. The Balaban J connectivity index is 1.27. The number of hydrogen-bond donors (Lipinski definition) is 1. The molecule has 0 atom stereocenters. The van der Waals surface area contributed by atoms with E-state index in [2.05, 4.69) is 120 Å². The number of aromatic nitrogens is 1. The van der Waals surface area contributed by atoms with E-state index in [9.17, 15) is 0 Å². The molecule has 2 aliphatic rings. The molecule has 0 fully saturated rings. The summed E-state index contributed by atoms with van der Waals surface area (Å²) in [6, 6.07) is 31.6. The Morgan fingerprint density at radius 3 is 1.89 bits per heavy atom. The Morgan fingerprint density at radius 1 is 0.703 bits per heavy atom. The molecule has 180 valence electrons. The van der Waals surface area contributed by atoms with Crippen LogP contribution >= 0.6 is 23.1 Å². The third kappa shape index (κ3) is 3.83. The Labute approximate surface area is 226 Å². The van der Waals surface area contributed by atoms with Gasteiger partial charge in [-0.3, -0.25) is 0 Å². The summed E-state index contributed by atoms with van der Waals surface area (Å²) < 4.78 is 0. The van der Waals surface area contributed by atoms with E-state index in [4.69, 9.17) is 0 Å². The van der Waals surface area contributed by atoms with Crippen molar-refractivity contribution < 1.29 is 0 Å². The predicted octanol–water partition coefficient (Wildman–Crippen LogP) is 9.04. The highest BCUT2D eigenvalue weighted by atomic mass is 32.2. The molecule has 0 amide bonds. The molecule has 4 heteroatoms. The molecule has 0 saturated heterocycles. The van der Waals surface area contributed by atoms with Gasteiger partial charge in [-0.05, 0) is 79.7 Å². The second kappa shape index (κ2) is 8.76. The zero-order chi connectivity index (χ0) is 25.0. The van der Waals surface area contributed by atoms with Gasteiger partial charge in [-0.2, -0.15) is 0 Å². The Bertz CT molecular complexity index is 1680. The van der Waals surface area contributed by atoms with Gasteiger partial charge in [0.15, 0.2) is 0 Å². The molecule has 0 spiro atoms. The van der Waals surface area contributed by atoms with Gasteiger partial charge in [0, 0.05) is 22.1 Å². The van der Waals surface area contributed by atoms with Crippen molar-refractivity contribution in [3.8, 4) is 44.6 Å². The molecule has 0 unspecified atom stereocenters. The fourth-order valence-corrected chi connectivity index (χ4v) is 6.90. The molecule has 0 radical (unpaired) electrons. The lowest BCUT2D eigenvalue weighted by atomic mass is 9.80. The summed E-state index contributed by atoms with van der Waals surface area (Å²) in [5.74, 6) is 0.946. The fourth-order valence-electron chi connectivity index (χ4n) is 5.63. The Kier molecular flexibility index (Phi) is 5.35. The first-order valence-corrected chi connectivity index (χ1v) is 14.5. The van der Waals surface area contributed by atoms with Crippen molar-refractivity contribution in [1.82, 2.24) is 10.3 Å². The molecule has 1 N–H and O–H groups in total. The van der Waals surface area contributed by atoms with Crippen LogP contribution in [-0.2, 0) is 5.41 Å². The first-order chi connectivity index (χ1) is 18.1. The van der Waals surface area contributed by atoms with Gasteiger partial charge in [0.1, 0.15) is 0 Å². The van der Waals surface area contributed by atoms with Crippen molar-refractivity contribution in [2.45, 2.75) is 19.3 Å². The normalized spacial score (nSPS) is 15.1.